The molecule has 0 N–H and O–H groups in total. The zero-order valence-corrected chi connectivity index (χ0v) is 13.8. The molecular weight excluding hydrogens is 405 g/mol. The third-order valence-electron chi connectivity index (χ3n) is 4.09. The maximum atomic E-state index is 14.1. The lowest BCUT2D eigenvalue weighted by Crippen LogP contribution is -2.50. The van der Waals surface area contributed by atoms with Crippen molar-refractivity contribution in [3.8, 4) is 0 Å². The van der Waals surface area contributed by atoms with Crippen LogP contribution in [0.25, 0.3) is 0 Å². The first-order chi connectivity index (χ1) is 13.1. The van der Waals surface area contributed by atoms with E-state index in [0.29, 0.717) is 0 Å². The number of hydrogen-bond acceptors (Lipinski definition) is 0. The molecule has 0 aliphatic heterocycles. The fraction of sp³-hybridized carbons (Fsp3) is 0.176. The first-order valence-corrected chi connectivity index (χ1v) is 7.69. The van der Waals surface area contributed by atoms with Gasteiger partial charge >= 0.3 is 0 Å². The third kappa shape index (κ3) is 3.49. The van der Waals surface area contributed by atoms with Gasteiger partial charge in [-0.15, -0.1) is 6.58 Å². The van der Waals surface area contributed by atoms with Gasteiger partial charge in [-0.25, -0.2) is 43.9 Å². The van der Waals surface area contributed by atoms with E-state index in [4.69, 9.17) is 0 Å². The summed E-state index contributed by atoms with van der Waals surface area (Å²) in [5.74, 6) is -24.4. The van der Waals surface area contributed by atoms with Crippen LogP contribution < -0.4 is 10.9 Å². The summed E-state index contributed by atoms with van der Waals surface area (Å²) in [6, 6.07) is 0. The Labute approximate surface area is 152 Å². The van der Waals surface area contributed by atoms with Gasteiger partial charge in [0, 0.05) is 10.9 Å². The van der Waals surface area contributed by atoms with Crippen LogP contribution in [0, 0.1) is 58.2 Å². The van der Waals surface area contributed by atoms with Gasteiger partial charge in [0.2, 0.25) is 6.71 Å². The first-order valence-electron chi connectivity index (χ1n) is 7.69. The number of halogens is 10. The topological polar surface area (TPSA) is 0 Å². The lowest BCUT2D eigenvalue weighted by Gasteiger charge is -2.19. The zero-order chi connectivity index (χ0) is 21.3. The zero-order valence-electron chi connectivity index (χ0n) is 13.8. The molecule has 0 aliphatic carbocycles. The summed E-state index contributed by atoms with van der Waals surface area (Å²) in [7, 11) is 0. The largest absolute Gasteiger partial charge is 0.225 e. The minimum absolute atomic E-state index is 0.0707. The van der Waals surface area contributed by atoms with Gasteiger partial charge in [-0.2, -0.15) is 0 Å². The summed E-state index contributed by atoms with van der Waals surface area (Å²) in [6.07, 6.45) is 0.491. The predicted molar refractivity (Wildman–Crippen MR) is 81.7 cm³/mol. The molecule has 0 aromatic heterocycles. The molecule has 0 saturated heterocycles. The second-order valence-electron chi connectivity index (χ2n) is 5.74. The monoisotopic (exact) mass is 414 g/mol. The molecule has 0 bridgehead atoms. The average molecular weight is 414 g/mol. The normalized spacial score (nSPS) is 11.1. The minimum Gasteiger partial charge on any atom is -0.204 e. The van der Waals surface area contributed by atoms with E-state index in [0.717, 1.165) is 0 Å². The molecule has 2 aromatic rings. The van der Waals surface area contributed by atoms with E-state index in [9.17, 15) is 43.9 Å². The van der Waals surface area contributed by atoms with Gasteiger partial charge in [0.25, 0.3) is 0 Å². The van der Waals surface area contributed by atoms with E-state index in [1.54, 1.807) is 0 Å². The van der Waals surface area contributed by atoms with Crippen molar-refractivity contribution in [2.45, 2.75) is 19.2 Å². The Balaban J connectivity index is 2.86. The molecule has 0 aliphatic rings. The van der Waals surface area contributed by atoms with Gasteiger partial charge in [0.1, 0.15) is 0 Å². The van der Waals surface area contributed by atoms with Crippen LogP contribution in [0.4, 0.5) is 43.9 Å². The molecule has 0 saturated carbocycles. The van der Waals surface area contributed by atoms with Crippen molar-refractivity contribution in [2.24, 2.45) is 0 Å². The standard InChI is InChI=1S/C17H9BF10/c1-2-3-4-5-18(6-8(19)12(23)16(27)13(24)9(6)20)7-10(21)14(25)17(28)15(26)11(7)22/h2H,1,3-5H2. The lowest BCUT2D eigenvalue weighted by molar-refractivity contribution is 0.382. The van der Waals surface area contributed by atoms with Crippen LogP contribution in [-0.4, -0.2) is 6.71 Å². The van der Waals surface area contributed by atoms with Crippen LogP contribution in [-0.2, 0) is 0 Å². The Morgan fingerprint density at radius 3 is 1.11 bits per heavy atom. The molecule has 0 spiro atoms. The van der Waals surface area contributed by atoms with Crippen molar-refractivity contribution in [1.82, 2.24) is 0 Å². The highest BCUT2D eigenvalue weighted by Gasteiger charge is 2.39. The van der Waals surface area contributed by atoms with E-state index in [1.807, 2.05) is 0 Å². The Kier molecular flexibility index (Phi) is 6.46. The van der Waals surface area contributed by atoms with Crippen LogP contribution in [0.1, 0.15) is 12.8 Å². The van der Waals surface area contributed by atoms with E-state index in [1.165, 1.54) is 6.08 Å². The molecule has 2 aromatic carbocycles. The maximum Gasteiger partial charge on any atom is 0.225 e. The van der Waals surface area contributed by atoms with Gasteiger partial charge in [-0.3, -0.25) is 0 Å². The molecule has 11 heteroatoms. The van der Waals surface area contributed by atoms with Crippen molar-refractivity contribution < 1.29 is 43.9 Å². The van der Waals surface area contributed by atoms with Crippen molar-refractivity contribution in [2.75, 3.05) is 0 Å². The second-order valence-corrected chi connectivity index (χ2v) is 5.74. The van der Waals surface area contributed by atoms with Crippen molar-refractivity contribution >= 4 is 17.6 Å². The van der Waals surface area contributed by atoms with Crippen LogP contribution in [0.2, 0.25) is 6.32 Å². The van der Waals surface area contributed by atoms with Crippen LogP contribution >= 0.6 is 0 Å². The molecule has 28 heavy (non-hydrogen) atoms. The molecule has 0 radical (unpaired) electrons. The first kappa shape index (κ1) is 21.8. The highest BCUT2D eigenvalue weighted by Crippen LogP contribution is 2.22. The summed E-state index contributed by atoms with van der Waals surface area (Å²) < 4.78 is 137. The van der Waals surface area contributed by atoms with Crippen molar-refractivity contribution in [3.63, 3.8) is 0 Å². The molecule has 0 atom stereocenters. The minimum atomic E-state index is -2.53. The highest BCUT2D eigenvalue weighted by molar-refractivity contribution is 6.85. The van der Waals surface area contributed by atoms with Gasteiger partial charge < -0.3 is 0 Å². The summed E-state index contributed by atoms with van der Waals surface area (Å²) in [6.45, 7) is 0.979. The molecule has 0 amide bonds. The predicted octanol–water partition coefficient (Wildman–Crippen LogP) is 4.65. The van der Waals surface area contributed by atoms with E-state index >= 15 is 0 Å². The van der Waals surface area contributed by atoms with Crippen molar-refractivity contribution in [3.05, 3.63) is 70.8 Å². The Hall–Kier alpha value is -2.46. The Bertz CT molecular complexity index is 813. The van der Waals surface area contributed by atoms with Gasteiger partial charge in [-0.1, -0.05) is 18.8 Å². The lowest BCUT2D eigenvalue weighted by atomic mass is 9.37. The fourth-order valence-electron chi connectivity index (χ4n) is 2.75. The Morgan fingerprint density at radius 1 is 0.536 bits per heavy atom. The summed E-state index contributed by atoms with van der Waals surface area (Å²) in [5, 5.41) is 0. The van der Waals surface area contributed by atoms with Gasteiger partial charge in [-0.05, 0) is 6.42 Å². The molecule has 0 heterocycles. The molecule has 0 unspecified atom stereocenters. The quantitative estimate of drug-likeness (QED) is 0.161. The second kappa shape index (κ2) is 8.28. The maximum absolute atomic E-state index is 14.1. The summed E-state index contributed by atoms with van der Waals surface area (Å²) in [5.41, 5.74) is -3.38. The van der Waals surface area contributed by atoms with Gasteiger partial charge in [0.15, 0.2) is 58.2 Å². The number of unbranched alkanes of at least 4 members (excludes halogenated alkanes) is 1. The molecule has 0 nitrogen and oxygen atoms in total. The van der Waals surface area contributed by atoms with Crippen LogP contribution in [0.5, 0.6) is 0 Å². The summed E-state index contributed by atoms with van der Waals surface area (Å²) in [4.78, 5) is 0. The van der Waals surface area contributed by atoms with E-state index < -0.39 is 82.1 Å². The third-order valence-corrected chi connectivity index (χ3v) is 4.09. The number of allylic oxidation sites excluding steroid dienone is 1. The molecular formula is C17H9BF10. The van der Waals surface area contributed by atoms with Crippen LogP contribution in [0.3, 0.4) is 0 Å². The molecule has 150 valence electrons. The SMILES string of the molecule is C=CCCCB(c1c(F)c(F)c(F)c(F)c1F)c1c(F)c(F)c(F)c(F)c1F. The number of benzene rings is 2. The van der Waals surface area contributed by atoms with E-state index in [-0.39, 0.29) is 12.8 Å². The fourth-order valence-corrected chi connectivity index (χ4v) is 2.75. The molecule has 2 rings (SSSR count). The number of hydrogen-bond donors (Lipinski definition) is 0. The number of rotatable bonds is 6. The average Bonchev–Trinajstić information content (AvgIpc) is 2.67. The van der Waals surface area contributed by atoms with E-state index in [2.05, 4.69) is 6.58 Å². The highest BCUT2D eigenvalue weighted by atomic mass is 19.2. The summed E-state index contributed by atoms with van der Waals surface area (Å²) >= 11 is 0. The van der Waals surface area contributed by atoms with Crippen molar-refractivity contribution in [1.29, 1.82) is 0 Å². The van der Waals surface area contributed by atoms with Gasteiger partial charge in [0.05, 0.1) is 0 Å². The molecule has 0 fully saturated rings. The van der Waals surface area contributed by atoms with Crippen LogP contribution in [0.15, 0.2) is 12.7 Å². The Morgan fingerprint density at radius 2 is 0.821 bits per heavy atom. The smallest absolute Gasteiger partial charge is 0.204 e.